The Morgan fingerprint density at radius 3 is 2.27 bits per heavy atom. The highest BCUT2D eigenvalue weighted by Gasteiger charge is 2.20. The van der Waals surface area contributed by atoms with Crippen molar-refractivity contribution in [2.24, 2.45) is 0 Å². The molecule has 0 unspecified atom stereocenters. The molecule has 0 atom stereocenters. The zero-order valence-corrected chi connectivity index (χ0v) is 15.7. The van der Waals surface area contributed by atoms with Crippen molar-refractivity contribution in [1.29, 1.82) is 0 Å². The molecule has 1 saturated heterocycles. The van der Waals surface area contributed by atoms with E-state index in [0.29, 0.717) is 22.3 Å². The van der Waals surface area contributed by atoms with Crippen LogP contribution in [0.3, 0.4) is 0 Å². The fraction of sp³-hybridized carbons (Fsp3) is 0.316. The number of benzene rings is 2. The van der Waals surface area contributed by atoms with Crippen LogP contribution in [0.1, 0.15) is 5.56 Å². The van der Waals surface area contributed by atoms with Crippen LogP contribution in [0.2, 0.25) is 10.0 Å². The van der Waals surface area contributed by atoms with Gasteiger partial charge >= 0.3 is 0 Å². The zero-order valence-electron chi connectivity index (χ0n) is 14.2. The van der Waals surface area contributed by atoms with Gasteiger partial charge in [0.1, 0.15) is 5.82 Å². The van der Waals surface area contributed by atoms with E-state index in [4.69, 9.17) is 23.2 Å². The third kappa shape index (κ3) is 5.17. The number of rotatable bonds is 5. The molecule has 1 aliphatic heterocycles. The first-order valence-corrected chi connectivity index (χ1v) is 9.20. The molecule has 7 heteroatoms. The Morgan fingerprint density at radius 1 is 1.00 bits per heavy atom. The van der Waals surface area contributed by atoms with E-state index in [1.807, 2.05) is 6.07 Å². The van der Waals surface area contributed by atoms with Crippen molar-refractivity contribution in [1.82, 2.24) is 9.80 Å². The SMILES string of the molecule is O=C(CN1CCN(Cc2cccc(F)c2)CC1)Nc1c(Cl)cccc1Cl. The van der Waals surface area contributed by atoms with Crippen LogP contribution in [0.4, 0.5) is 10.1 Å². The van der Waals surface area contributed by atoms with Crippen LogP contribution in [0, 0.1) is 5.82 Å². The minimum absolute atomic E-state index is 0.140. The molecule has 3 rings (SSSR count). The summed E-state index contributed by atoms with van der Waals surface area (Å²) in [6, 6.07) is 11.8. The van der Waals surface area contributed by atoms with Crippen LogP contribution >= 0.6 is 23.2 Å². The molecule has 138 valence electrons. The molecule has 0 saturated carbocycles. The standard InChI is InChI=1S/C19H20Cl2FN3O/c20-16-5-2-6-17(21)19(16)23-18(26)13-25-9-7-24(8-10-25)12-14-3-1-4-15(22)11-14/h1-6,11H,7-10,12-13H2,(H,23,26). The van der Waals surface area contributed by atoms with Gasteiger partial charge in [-0.1, -0.05) is 41.4 Å². The Hall–Kier alpha value is -1.66. The van der Waals surface area contributed by atoms with E-state index in [2.05, 4.69) is 15.1 Å². The van der Waals surface area contributed by atoms with Crippen LogP contribution in [0.25, 0.3) is 0 Å². The Labute approximate surface area is 162 Å². The van der Waals surface area contributed by atoms with Gasteiger partial charge in [0.05, 0.1) is 22.3 Å². The molecule has 2 aromatic rings. The minimum atomic E-state index is -0.212. The zero-order chi connectivity index (χ0) is 18.5. The normalized spacial score (nSPS) is 15.8. The van der Waals surface area contributed by atoms with Gasteiger partial charge < -0.3 is 5.32 Å². The number of hydrogen-bond donors (Lipinski definition) is 1. The molecule has 1 heterocycles. The molecule has 4 nitrogen and oxygen atoms in total. The van der Waals surface area contributed by atoms with Crippen molar-refractivity contribution in [3.8, 4) is 0 Å². The maximum absolute atomic E-state index is 13.3. The molecule has 0 aromatic heterocycles. The highest BCUT2D eigenvalue weighted by molar-refractivity contribution is 6.39. The Bertz CT molecular complexity index is 759. The molecule has 2 aromatic carbocycles. The topological polar surface area (TPSA) is 35.6 Å². The van der Waals surface area contributed by atoms with E-state index in [9.17, 15) is 9.18 Å². The molecular formula is C19H20Cl2FN3O. The van der Waals surface area contributed by atoms with Crippen molar-refractivity contribution >= 4 is 34.8 Å². The average Bonchev–Trinajstić information content (AvgIpc) is 2.60. The van der Waals surface area contributed by atoms with Crippen molar-refractivity contribution in [3.63, 3.8) is 0 Å². The Morgan fingerprint density at radius 2 is 1.62 bits per heavy atom. The van der Waals surface area contributed by atoms with Gasteiger partial charge in [-0.3, -0.25) is 14.6 Å². The van der Waals surface area contributed by atoms with Crippen molar-refractivity contribution in [2.45, 2.75) is 6.54 Å². The maximum atomic E-state index is 13.3. The summed E-state index contributed by atoms with van der Waals surface area (Å²) in [6.45, 7) is 4.22. The summed E-state index contributed by atoms with van der Waals surface area (Å²) in [4.78, 5) is 16.6. The summed E-state index contributed by atoms with van der Waals surface area (Å²) in [6.07, 6.45) is 0. The van der Waals surface area contributed by atoms with E-state index in [0.717, 1.165) is 31.7 Å². The summed E-state index contributed by atoms with van der Waals surface area (Å²) < 4.78 is 13.3. The van der Waals surface area contributed by atoms with Crippen LogP contribution in [0.5, 0.6) is 0 Å². The quantitative estimate of drug-likeness (QED) is 0.833. The number of carbonyl (C=O) groups excluding carboxylic acids is 1. The van der Waals surface area contributed by atoms with E-state index in [-0.39, 0.29) is 18.3 Å². The number of nitrogens with one attached hydrogen (secondary N) is 1. The lowest BCUT2D eigenvalue weighted by molar-refractivity contribution is -0.117. The summed E-state index contributed by atoms with van der Waals surface area (Å²) in [5.74, 6) is -0.352. The van der Waals surface area contributed by atoms with Gasteiger partial charge in [-0.05, 0) is 29.8 Å². The van der Waals surface area contributed by atoms with Crippen LogP contribution in [0.15, 0.2) is 42.5 Å². The Kier molecular flexibility index (Phi) is 6.48. The third-order valence-corrected chi connectivity index (χ3v) is 4.98. The van der Waals surface area contributed by atoms with E-state index < -0.39 is 0 Å². The largest absolute Gasteiger partial charge is 0.322 e. The fourth-order valence-electron chi connectivity index (χ4n) is 3.00. The van der Waals surface area contributed by atoms with Gasteiger partial charge in [-0.15, -0.1) is 0 Å². The second-order valence-electron chi connectivity index (χ2n) is 6.33. The number of carbonyl (C=O) groups is 1. The number of piperazine rings is 1. The number of hydrogen-bond acceptors (Lipinski definition) is 3. The molecule has 0 bridgehead atoms. The lowest BCUT2D eigenvalue weighted by atomic mass is 10.2. The monoisotopic (exact) mass is 395 g/mol. The van der Waals surface area contributed by atoms with Gasteiger partial charge in [0.15, 0.2) is 0 Å². The molecule has 0 spiro atoms. The highest BCUT2D eigenvalue weighted by atomic mass is 35.5. The number of nitrogens with zero attached hydrogens (tertiary/aromatic N) is 2. The molecule has 0 aliphatic carbocycles. The van der Waals surface area contributed by atoms with Crippen molar-refractivity contribution in [3.05, 3.63) is 63.9 Å². The molecule has 1 fully saturated rings. The van der Waals surface area contributed by atoms with Crippen LogP contribution < -0.4 is 5.32 Å². The fourth-order valence-corrected chi connectivity index (χ4v) is 3.49. The molecule has 1 amide bonds. The highest BCUT2D eigenvalue weighted by Crippen LogP contribution is 2.29. The van der Waals surface area contributed by atoms with Crippen molar-refractivity contribution < 1.29 is 9.18 Å². The average molecular weight is 396 g/mol. The summed E-state index contributed by atoms with van der Waals surface area (Å²) in [7, 11) is 0. The van der Waals surface area contributed by atoms with Crippen molar-refractivity contribution in [2.75, 3.05) is 38.0 Å². The molecule has 1 N–H and O–H groups in total. The van der Waals surface area contributed by atoms with E-state index in [1.54, 1.807) is 30.3 Å². The lowest BCUT2D eigenvalue weighted by Gasteiger charge is -2.34. The van der Waals surface area contributed by atoms with Gasteiger partial charge in [0.2, 0.25) is 5.91 Å². The number of amides is 1. The Balaban J connectivity index is 1.47. The predicted octanol–water partition coefficient (Wildman–Crippen LogP) is 3.89. The second-order valence-corrected chi connectivity index (χ2v) is 7.14. The second kappa shape index (κ2) is 8.82. The molecular weight excluding hydrogens is 376 g/mol. The first-order valence-electron chi connectivity index (χ1n) is 8.44. The predicted molar refractivity (Wildman–Crippen MR) is 103 cm³/mol. The molecule has 0 radical (unpaired) electrons. The smallest absolute Gasteiger partial charge is 0.238 e. The number of halogens is 3. The lowest BCUT2D eigenvalue weighted by Crippen LogP contribution is -2.48. The first-order chi connectivity index (χ1) is 12.5. The third-order valence-electron chi connectivity index (χ3n) is 4.35. The van der Waals surface area contributed by atoms with E-state index in [1.165, 1.54) is 6.07 Å². The summed E-state index contributed by atoms with van der Waals surface area (Å²) in [5.41, 5.74) is 1.41. The van der Waals surface area contributed by atoms with Crippen LogP contribution in [-0.2, 0) is 11.3 Å². The van der Waals surface area contributed by atoms with Crippen LogP contribution in [-0.4, -0.2) is 48.4 Å². The summed E-state index contributed by atoms with van der Waals surface area (Å²) >= 11 is 12.2. The minimum Gasteiger partial charge on any atom is -0.322 e. The number of anilines is 1. The van der Waals surface area contributed by atoms with Gasteiger partial charge in [0.25, 0.3) is 0 Å². The first kappa shape index (κ1) is 19.1. The maximum Gasteiger partial charge on any atom is 0.238 e. The van der Waals surface area contributed by atoms with Gasteiger partial charge in [-0.25, -0.2) is 4.39 Å². The van der Waals surface area contributed by atoms with Gasteiger partial charge in [0, 0.05) is 32.7 Å². The number of para-hydroxylation sites is 1. The van der Waals surface area contributed by atoms with E-state index >= 15 is 0 Å². The summed E-state index contributed by atoms with van der Waals surface area (Å²) in [5, 5.41) is 3.63. The molecule has 26 heavy (non-hydrogen) atoms. The van der Waals surface area contributed by atoms with Gasteiger partial charge in [-0.2, -0.15) is 0 Å². The molecule has 1 aliphatic rings.